The molecule has 0 radical (unpaired) electrons. The van der Waals surface area contributed by atoms with E-state index in [1.165, 1.54) is 12.1 Å². The van der Waals surface area contributed by atoms with Crippen LogP contribution < -0.4 is 5.32 Å². The number of nitriles is 1. The van der Waals surface area contributed by atoms with E-state index in [1.54, 1.807) is 42.5 Å². The highest BCUT2D eigenvalue weighted by Crippen LogP contribution is 2.25. The summed E-state index contributed by atoms with van der Waals surface area (Å²) >= 11 is 1.12. The van der Waals surface area contributed by atoms with Gasteiger partial charge in [0.15, 0.2) is 5.01 Å². The van der Waals surface area contributed by atoms with E-state index in [9.17, 15) is 15.2 Å². The summed E-state index contributed by atoms with van der Waals surface area (Å²) < 4.78 is 0. The number of allylic oxidation sites excluding steroid dienone is 1. The van der Waals surface area contributed by atoms with Gasteiger partial charge in [-0.1, -0.05) is 41.7 Å². The maximum absolute atomic E-state index is 12.1. The molecule has 3 rings (SSSR count). The number of nitrogens with zero attached hydrogens (tertiary/aromatic N) is 3. The van der Waals surface area contributed by atoms with Crippen molar-refractivity contribution in [3.63, 3.8) is 0 Å². The van der Waals surface area contributed by atoms with E-state index >= 15 is 0 Å². The fourth-order valence-electron chi connectivity index (χ4n) is 2.02. The zero-order chi connectivity index (χ0) is 17.6. The molecule has 7 heteroatoms. The summed E-state index contributed by atoms with van der Waals surface area (Å²) in [5, 5.41) is 29.9. The van der Waals surface area contributed by atoms with Gasteiger partial charge in [-0.25, -0.2) is 0 Å². The van der Waals surface area contributed by atoms with E-state index < -0.39 is 0 Å². The van der Waals surface area contributed by atoms with E-state index in [0.29, 0.717) is 21.3 Å². The van der Waals surface area contributed by atoms with Crippen LogP contribution in [0.4, 0.5) is 5.13 Å². The Hall–Kier alpha value is -3.50. The average molecular weight is 348 g/mol. The number of aromatic hydroxyl groups is 1. The molecule has 1 aromatic heterocycles. The van der Waals surface area contributed by atoms with Crippen molar-refractivity contribution >= 4 is 34.0 Å². The second-order valence-electron chi connectivity index (χ2n) is 4.99. The Morgan fingerprint density at radius 3 is 2.52 bits per heavy atom. The number of phenols is 1. The SMILES string of the molecule is N#C/C(=C\c1ccc(O)cc1)c1nnc(NC(=O)c2ccccc2)s1. The number of nitrogens with one attached hydrogen (secondary N) is 1. The van der Waals surface area contributed by atoms with Crippen molar-refractivity contribution in [1.29, 1.82) is 5.26 Å². The Kier molecular flexibility index (Phi) is 4.83. The van der Waals surface area contributed by atoms with Gasteiger partial charge in [-0.2, -0.15) is 5.26 Å². The van der Waals surface area contributed by atoms with E-state index in [1.807, 2.05) is 6.07 Å². The maximum atomic E-state index is 12.1. The molecule has 0 unspecified atom stereocenters. The van der Waals surface area contributed by atoms with Crippen LogP contribution in [0.1, 0.15) is 20.9 Å². The lowest BCUT2D eigenvalue weighted by atomic mass is 10.1. The molecule has 0 fully saturated rings. The quantitative estimate of drug-likeness (QED) is 0.702. The number of amides is 1. The van der Waals surface area contributed by atoms with Crippen LogP contribution in [0.15, 0.2) is 54.6 Å². The highest BCUT2D eigenvalue weighted by Gasteiger charge is 2.12. The molecule has 0 saturated heterocycles. The largest absolute Gasteiger partial charge is 0.508 e. The Bertz CT molecular complexity index is 957. The third-order valence-electron chi connectivity index (χ3n) is 3.24. The molecule has 3 aromatic rings. The Morgan fingerprint density at radius 1 is 1.12 bits per heavy atom. The van der Waals surface area contributed by atoms with Crippen LogP contribution in [0.5, 0.6) is 5.75 Å². The highest BCUT2D eigenvalue weighted by molar-refractivity contribution is 7.16. The molecule has 0 bridgehead atoms. The Morgan fingerprint density at radius 2 is 1.84 bits per heavy atom. The van der Waals surface area contributed by atoms with Gasteiger partial charge in [0.05, 0.1) is 5.57 Å². The second-order valence-corrected chi connectivity index (χ2v) is 5.97. The van der Waals surface area contributed by atoms with Gasteiger partial charge in [-0.05, 0) is 35.9 Å². The summed E-state index contributed by atoms with van der Waals surface area (Å²) in [6, 6.07) is 17.3. The van der Waals surface area contributed by atoms with Crippen molar-refractivity contribution in [1.82, 2.24) is 10.2 Å². The summed E-state index contributed by atoms with van der Waals surface area (Å²) in [7, 11) is 0. The number of anilines is 1. The Labute approximate surface area is 147 Å². The van der Waals surface area contributed by atoms with E-state index in [0.717, 1.165) is 16.9 Å². The fraction of sp³-hybridized carbons (Fsp3) is 0. The number of carbonyl (C=O) groups excluding carboxylic acids is 1. The molecule has 25 heavy (non-hydrogen) atoms. The molecule has 0 aliphatic heterocycles. The number of hydrogen-bond donors (Lipinski definition) is 2. The van der Waals surface area contributed by atoms with Crippen LogP contribution in [0.25, 0.3) is 11.6 Å². The topological polar surface area (TPSA) is 98.9 Å². The first kappa shape index (κ1) is 16.4. The summed E-state index contributed by atoms with van der Waals surface area (Å²) in [5.74, 6) is -0.137. The predicted octanol–water partition coefficient (Wildman–Crippen LogP) is 3.56. The molecule has 0 aliphatic carbocycles. The number of aromatic nitrogens is 2. The third-order valence-corrected chi connectivity index (χ3v) is 4.11. The van der Waals surface area contributed by atoms with Gasteiger partial charge in [-0.15, -0.1) is 10.2 Å². The molecule has 122 valence electrons. The van der Waals surface area contributed by atoms with Crippen molar-refractivity contribution in [3.8, 4) is 11.8 Å². The van der Waals surface area contributed by atoms with Gasteiger partial charge < -0.3 is 5.11 Å². The summed E-state index contributed by atoms with van der Waals surface area (Å²) in [4.78, 5) is 12.1. The molecule has 0 atom stereocenters. The summed E-state index contributed by atoms with van der Waals surface area (Å²) in [6.45, 7) is 0. The minimum atomic E-state index is -0.288. The van der Waals surface area contributed by atoms with Crippen molar-refractivity contribution in [3.05, 3.63) is 70.7 Å². The zero-order valence-corrected chi connectivity index (χ0v) is 13.7. The van der Waals surface area contributed by atoms with Crippen LogP contribution >= 0.6 is 11.3 Å². The lowest BCUT2D eigenvalue weighted by Gasteiger charge is -1.99. The minimum Gasteiger partial charge on any atom is -0.508 e. The number of phenolic OH excluding ortho intramolecular Hbond substituents is 1. The molecule has 6 nitrogen and oxygen atoms in total. The molecule has 2 N–H and O–H groups in total. The second kappa shape index (κ2) is 7.38. The van der Waals surface area contributed by atoms with E-state index in [4.69, 9.17) is 0 Å². The van der Waals surface area contributed by atoms with Crippen LogP contribution in [-0.2, 0) is 0 Å². The first-order valence-electron chi connectivity index (χ1n) is 7.27. The number of hydrogen-bond acceptors (Lipinski definition) is 6. The number of benzene rings is 2. The standard InChI is InChI=1S/C18H12N4O2S/c19-11-14(10-12-6-8-15(23)9-7-12)17-21-22-18(25-17)20-16(24)13-4-2-1-3-5-13/h1-10,23H,(H,20,22,24)/b14-10+. The van der Waals surface area contributed by atoms with Gasteiger partial charge in [0.25, 0.3) is 5.91 Å². The minimum absolute atomic E-state index is 0.150. The first-order chi connectivity index (χ1) is 12.2. The normalized spacial score (nSPS) is 10.9. The molecule has 1 amide bonds. The van der Waals surface area contributed by atoms with Gasteiger partial charge in [0.2, 0.25) is 5.13 Å². The molecule has 0 aliphatic rings. The van der Waals surface area contributed by atoms with Crippen LogP contribution in [0.2, 0.25) is 0 Å². The van der Waals surface area contributed by atoms with Crippen molar-refractivity contribution in [2.45, 2.75) is 0 Å². The van der Waals surface area contributed by atoms with Crippen molar-refractivity contribution in [2.75, 3.05) is 5.32 Å². The number of carbonyl (C=O) groups is 1. The van der Waals surface area contributed by atoms with Crippen LogP contribution in [-0.4, -0.2) is 21.2 Å². The van der Waals surface area contributed by atoms with Crippen LogP contribution in [0, 0.1) is 11.3 Å². The van der Waals surface area contributed by atoms with Crippen molar-refractivity contribution in [2.24, 2.45) is 0 Å². The molecule has 0 saturated carbocycles. The van der Waals surface area contributed by atoms with E-state index in [2.05, 4.69) is 21.6 Å². The molecule has 0 spiro atoms. The van der Waals surface area contributed by atoms with Gasteiger partial charge in [-0.3, -0.25) is 10.1 Å². The zero-order valence-electron chi connectivity index (χ0n) is 12.9. The maximum Gasteiger partial charge on any atom is 0.257 e. The smallest absolute Gasteiger partial charge is 0.257 e. The monoisotopic (exact) mass is 348 g/mol. The first-order valence-corrected chi connectivity index (χ1v) is 8.08. The molecule has 2 aromatic carbocycles. The summed E-state index contributed by atoms with van der Waals surface area (Å²) in [6.07, 6.45) is 1.64. The average Bonchev–Trinajstić information content (AvgIpc) is 3.10. The molecule has 1 heterocycles. The number of rotatable bonds is 4. The van der Waals surface area contributed by atoms with Crippen molar-refractivity contribution < 1.29 is 9.90 Å². The third kappa shape index (κ3) is 4.07. The molecular weight excluding hydrogens is 336 g/mol. The Balaban J connectivity index is 1.79. The fourth-order valence-corrected chi connectivity index (χ4v) is 2.73. The van der Waals surface area contributed by atoms with Gasteiger partial charge >= 0.3 is 0 Å². The van der Waals surface area contributed by atoms with Gasteiger partial charge in [0.1, 0.15) is 11.8 Å². The predicted molar refractivity (Wildman–Crippen MR) is 95.9 cm³/mol. The lowest BCUT2D eigenvalue weighted by molar-refractivity contribution is 0.102. The summed E-state index contributed by atoms with van der Waals surface area (Å²) in [5.41, 5.74) is 1.59. The highest BCUT2D eigenvalue weighted by atomic mass is 32.1. The van der Waals surface area contributed by atoms with E-state index in [-0.39, 0.29) is 11.7 Å². The lowest BCUT2D eigenvalue weighted by Crippen LogP contribution is -2.11. The molecular formula is C18H12N4O2S. The van der Waals surface area contributed by atoms with Gasteiger partial charge in [0, 0.05) is 5.56 Å². The van der Waals surface area contributed by atoms with Crippen LogP contribution in [0.3, 0.4) is 0 Å².